The summed E-state index contributed by atoms with van der Waals surface area (Å²) in [6, 6.07) is 6.66. The quantitative estimate of drug-likeness (QED) is 0.719. The molecule has 0 aromatic heterocycles. The highest BCUT2D eigenvalue weighted by Crippen LogP contribution is 2.18. The molecule has 88 valence electrons. The number of nitrogens with one attached hydrogen (secondary N) is 1. The van der Waals surface area contributed by atoms with E-state index in [-0.39, 0.29) is 25.5 Å². The number of aliphatic hydroxyl groups excluding tert-OH is 2. The topological polar surface area (TPSA) is 69.6 Å². The van der Waals surface area contributed by atoms with E-state index in [1.807, 2.05) is 0 Å². The van der Waals surface area contributed by atoms with Gasteiger partial charge in [-0.3, -0.25) is 4.79 Å². The van der Waals surface area contributed by atoms with Crippen LogP contribution in [0.4, 0.5) is 0 Å². The average molecular weight is 244 g/mol. The molecular formula is C11H14ClNO3. The van der Waals surface area contributed by atoms with Crippen molar-refractivity contribution in [2.24, 2.45) is 0 Å². The van der Waals surface area contributed by atoms with Gasteiger partial charge in [-0.2, -0.15) is 0 Å². The molecule has 1 amide bonds. The van der Waals surface area contributed by atoms with Gasteiger partial charge in [0.2, 0.25) is 5.91 Å². The number of carbonyl (C=O) groups excluding carboxylic acids is 1. The number of halogens is 1. The van der Waals surface area contributed by atoms with Crippen molar-refractivity contribution in [2.75, 3.05) is 13.2 Å². The molecular weight excluding hydrogens is 230 g/mol. The highest BCUT2D eigenvalue weighted by Gasteiger charge is 2.12. The fourth-order valence-electron chi connectivity index (χ4n) is 1.25. The lowest BCUT2D eigenvalue weighted by Crippen LogP contribution is -2.27. The third-order valence-electron chi connectivity index (χ3n) is 2.07. The van der Waals surface area contributed by atoms with Gasteiger partial charge in [-0.05, 0) is 17.7 Å². The molecule has 0 spiro atoms. The molecule has 0 fully saturated rings. The zero-order valence-corrected chi connectivity index (χ0v) is 9.44. The van der Waals surface area contributed by atoms with Crippen molar-refractivity contribution in [3.8, 4) is 0 Å². The minimum absolute atomic E-state index is 0.0262. The van der Waals surface area contributed by atoms with E-state index >= 15 is 0 Å². The molecule has 4 nitrogen and oxygen atoms in total. The Labute approximate surface area is 98.9 Å². The Morgan fingerprint density at radius 3 is 2.56 bits per heavy atom. The van der Waals surface area contributed by atoms with E-state index in [2.05, 4.69) is 5.32 Å². The second-order valence-corrected chi connectivity index (χ2v) is 3.78. The van der Waals surface area contributed by atoms with E-state index in [0.717, 1.165) is 0 Å². The maximum Gasteiger partial charge on any atom is 0.223 e. The highest BCUT2D eigenvalue weighted by atomic mass is 35.5. The van der Waals surface area contributed by atoms with Crippen molar-refractivity contribution >= 4 is 17.5 Å². The minimum Gasteiger partial charge on any atom is -0.395 e. The second kappa shape index (κ2) is 6.48. The summed E-state index contributed by atoms with van der Waals surface area (Å²) in [5.41, 5.74) is 0.642. The molecule has 3 N–H and O–H groups in total. The first-order chi connectivity index (χ1) is 7.63. The Hall–Kier alpha value is -1.10. The van der Waals surface area contributed by atoms with Crippen LogP contribution >= 0.6 is 11.6 Å². The molecule has 0 saturated carbocycles. The SMILES string of the molecule is O=C(CC(O)c1ccc(Cl)cc1)NCCO. The Kier molecular flexibility index (Phi) is 5.25. The van der Waals surface area contributed by atoms with Crippen molar-refractivity contribution in [1.82, 2.24) is 5.32 Å². The van der Waals surface area contributed by atoms with Gasteiger partial charge in [0.25, 0.3) is 0 Å². The number of amides is 1. The number of carbonyl (C=O) groups is 1. The maximum absolute atomic E-state index is 11.2. The predicted octanol–water partition coefficient (Wildman–Crippen LogP) is 0.872. The van der Waals surface area contributed by atoms with Crippen molar-refractivity contribution in [3.63, 3.8) is 0 Å². The summed E-state index contributed by atoms with van der Waals surface area (Å²) in [7, 11) is 0. The Morgan fingerprint density at radius 1 is 1.38 bits per heavy atom. The molecule has 1 rings (SSSR count). The first kappa shape index (κ1) is 13.0. The summed E-state index contributed by atoms with van der Waals surface area (Å²) in [5.74, 6) is -0.295. The summed E-state index contributed by atoms with van der Waals surface area (Å²) < 4.78 is 0. The number of benzene rings is 1. The molecule has 0 aliphatic rings. The lowest BCUT2D eigenvalue weighted by atomic mass is 10.1. The summed E-state index contributed by atoms with van der Waals surface area (Å²) >= 11 is 5.70. The summed E-state index contributed by atoms with van der Waals surface area (Å²) in [6.07, 6.45) is -0.877. The van der Waals surface area contributed by atoms with Crippen LogP contribution in [0.1, 0.15) is 18.1 Å². The third-order valence-corrected chi connectivity index (χ3v) is 2.32. The van der Waals surface area contributed by atoms with Crippen LogP contribution in [-0.4, -0.2) is 29.3 Å². The molecule has 1 aromatic rings. The maximum atomic E-state index is 11.2. The van der Waals surface area contributed by atoms with Crippen LogP contribution in [0.15, 0.2) is 24.3 Å². The normalized spacial score (nSPS) is 12.2. The summed E-state index contributed by atoms with van der Waals surface area (Å²) in [5, 5.41) is 21.3. The molecule has 0 aliphatic carbocycles. The molecule has 0 bridgehead atoms. The lowest BCUT2D eigenvalue weighted by Gasteiger charge is -2.10. The van der Waals surface area contributed by atoms with Crippen molar-refractivity contribution < 1.29 is 15.0 Å². The van der Waals surface area contributed by atoms with Gasteiger partial charge in [0.1, 0.15) is 0 Å². The van der Waals surface area contributed by atoms with Crippen molar-refractivity contribution in [2.45, 2.75) is 12.5 Å². The number of aliphatic hydroxyl groups is 2. The zero-order chi connectivity index (χ0) is 12.0. The minimum atomic E-state index is -0.851. The van der Waals surface area contributed by atoms with E-state index < -0.39 is 6.10 Å². The Bertz CT molecular complexity index is 340. The van der Waals surface area contributed by atoms with Gasteiger partial charge in [0.05, 0.1) is 19.1 Å². The van der Waals surface area contributed by atoms with Crippen LogP contribution in [-0.2, 0) is 4.79 Å². The Morgan fingerprint density at radius 2 is 2.00 bits per heavy atom. The fraction of sp³-hybridized carbons (Fsp3) is 0.364. The number of hydrogen-bond donors (Lipinski definition) is 3. The second-order valence-electron chi connectivity index (χ2n) is 3.35. The zero-order valence-electron chi connectivity index (χ0n) is 8.69. The standard InChI is InChI=1S/C11H14ClNO3/c12-9-3-1-8(2-4-9)10(15)7-11(16)13-5-6-14/h1-4,10,14-15H,5-7H2,(H,13,16). The molecule has 5 heteroatoms. The predicted molar refractivity (Wildman–Crippen MR) is 61.1 cm³/mol. The monoisotopic (exact) mass is 243 g/mol. The molecule has 0 aliphatic heterocycles. The molecule has 0 radical (unpaired) electrons. The van der Waals surface area contributed by atoms with Crippen LogP contribution < -0.4 is 5.32 Å². The van der Waals surface area contributed by atoms with E-state index in [9.17, 15) is 9.90 Å². The fourth-order valence-corrected chi connectivity index (χ4v) is 1.37. The van der Waals surface area contributed by atoms with Crippen LogP contribution in [0.2, 0.25) is 5.02 Å². The van der Waals surface area contributed by atoms with Gasteiger partial charge in [-0.15, -0.1) is 0 Å². The van der Waals surface area contributed by atoms with Gasteiger partial charge in [0, 0.05) is 11.6 Å². The third kappa shape index (κ3) is 4.18. The van der Waals surface area contributed by atoms with Gasteiger partial charge < -0.3 is 15.5 Å². The summed E-state index contributed by atoms with van der Waals surface area (Å²) in [4.78, 5) is 11.2. The van der Waals surface area contributed by atoms with Crippen LogP contribution in [0.25, 0.3) is 0 Å². The van der Waals surface area contributed by atoms with Crippen LogP contribution in [0, 0.1) is 0 Å². The number of hydrogen-bond acceptors (Lipinski definition) is 3. The van der Waals surface area contributed by atoms with E-state index in [0.29, 0.717) is 10.6 Å². The molecule has 1 aromatic carbocycles. The number of rotatable bonds is 5. The highest BCUT2D eigenvalue weighted by molar-refractivity contribution is 6.30. The lowest BCUT2D eigenvalue weighted by molar-refractivity contribution is -0.123. The largest absolute Gasteiger partial charge is 0.395 e. The Balaban J connectivity index is 2.48. The van der Waals surface area contributed by atoms with E-state index in [1.165, 1.54) is 0 Å². The van der Waals surface area contributed by atoms with Gasteiger partial charge in [-0.1, -0.05) is 23.7 Å². The van der Waals surface area contributed by atoms with E-state index in [4.69, 9.17) is 16.7 Å². The molecule has 1 atom stereocenters. The van der Waals surface area contributed by atoms with Gasteiger partial charge >= 0.3 is 0 Å². The van der Waals surface area contributed by atoms with Crippen molar-refractivity contribution in [3.05, 3.63) is 34.9 Å². The molecule has 1 unspecified atom stereocenters. The molecule has 16 heavy (non-hydrogen) atoms. The first-order valence-electron chi connectivity index (χ1n) is 4.94. The first-order valence-corrected chi connectivity index (χ1v) is 5.32. The smallest absolute Gasteiger partial charge is 0.223 e. The van der Waals surface area contributed by atoms with Crippen LogP contribution in [0.5, 0.6) is 0 Å². The molecule has 0 saturated heterocycles. The van der Waals surface area contributed by atoms with Crippen molar-refractivity contribution in [1.29, 1.82) is 0 Å². The average Bonchev–Trinajstić information content (AvgIpc) is 2.27. The molecule has 0 heterocycles. The van der Waals surface area contributed by atoms with Gasteiger partial charge in [0.15, 0.2) is 0 Å². The van der Waals surface area contributed by atoms with Crippen LogP contribution in [0.3, 0.4) is 0 Å². The van der Waals surface area contributed by atoms with E-state index in [1.54, 1.807) is 24.3 Å². The van der Waals surface area contributed by atoms with Gasteiger partial charge in [-0.25, -0.2) is 0 Å². The summed E-state index contributed by atoms with van der Waals surface area (Å²) in [6.45, 7) is 0.0922.